The predicted molar refractivity (Wildman–Crippen MR) is 65.4 cm³/mol. The topological polar surface area (TPSA) is 71.6 Å². The van der Waals surface area contributed by atoms with E-state index in [0.717, 1.165) is 0 Å². The molecule has 0 aliphatic carbocycles. The van der Waals surface area contributed by atoms with Gasteiger partial charge in [0.05, 0.1) is 13.2 Å². The van der Waals surface area contributed by atoms with Crippen LogP contribution in [0, 0.1) is 0 Å². The fraction of sp³-hybridized carbons (Fsp3) is 0.833. The van der Waals surface area contributed by atoms with Gasteiger partial charge in [-0.15, -0.1) is 0 Å². The summed E-state index contributed by atoms with van der Waals surface area (Å²) in [6.45, 7) is 1.02. The van der Waals surface area contributed by atoms with E-state index in [-0.39, 0.29) is 32.5 Å². The average molecular weight is 309 g/mol. The van der Waals surface area contributed by atoms with Gasteiger partial charge < -0.3 is 14.4 Å². The van der Waals surface area contributed by atoms with Crippen LogP contribution in [0.1, 0.15) is 24.6 Å². The zero-order valence-corrected chi connectivity index (χ0v) is 11.7. The molecule has 1 fully saturated rings. The summed E-state index contributed by atoms with van der Waals surface area (Å²) in [6.07, 6.45) is -4.76. The van der Waals surface area contributed by atoms with Crippen molar-refractivity contribution in [3.63, 3.8) is 0 Å². The first-order valence-corrected chi connectivity index (χ1v) is 6.66. The first-order valence-electron chi connectivity index (χ1n) is 6.66. The number of alkyl halides is 3. The number of halogens is 3. The van der Waals surface area contributed by atoms with Crippen LogP contribution in [0.15, 0.2) is 4.52 Å². The molecule has 1 aliphatic heterocycles. The van der Waals surface area contributed by atoms with Crippen molar-refractivity contribution in [2.75, 3.05) is 26.8 Å². The van der Waals surface area contributed by atoms with Crippen molar-refractivity contribution in [1.29, 1.82) is 0 Å². The van der Waals surface area contributed by atoms with Gasteiger partial charge in [0.2, 0.25) is 5.89 Å². The van der Waals surface area contributed by atoms with E-state index >= 15 is 0 Å². The molecule has 0 aromatic carbocycles. The quantitative estimate of drug-likeness (QED) is 0.880. The molecule has 1 aliphatic rings. The number of likely N-dealkylation sites (tertiary alicyclic amines) is 1. The van der Waals surface area contributed by atoms with Crippen LogP contribution < -0.4 is 0 Å². The van der Waals surface area contributed by atoms with Gasteiger partial charge in [0.1, 0.15) is 0 Å². The van der Waals surface area contributed by atoms with Crippen molar-refractivity contribution in [3.8, 4) is 0 Å². The fourth-order valence-electron chi connectivity index (χ4n) is 2.21. The molecule has 120 valence electrons. The highest BCUT2D eigenvalue weighted by Crippen LogP contribution is 2.38. The Morgan fingerprint density at radius 3 is 2.62 bits per heavy atom. The Balaban J connectivity index is 1.85. The van der Waals surface area contributed by atoms with Crippen LogP contribution in [0.2, 0.25) is 0 Å². The van der Waals surface area contributed by atoms with Crippen LogP contribution in [-0.2, 0) is 17.7 Å². The first kappa shape index (κ1) is 16.2. The molecule has 2 rings (SSSR count). The summed E-state index contributed by atoms with van der Waals surface area (Å²) in [7, 11) is 1.57. The lowest BCUT2D eigenvalue weighted by molar-refractivity contribution is -0.273. The molecule has 21 heavy (non-hydrogen) atoms. The average Bonchev–Trinajstić information content (AvgIpc) is 2.85. The molecule has 9 heteroatoms. The Labute approximate surface area is 119 Å². The van der Waals surface area contributed by atoms with Gasteiger partial charge in [0.15, 0.2) is 11.4 Å². The van der Waals surface area contributed by atoms with Crippen LogP contribution in [0.4, 0.5) is 13.2 Å². The molecule has 0 radical (unpaired) electrons. The van der Waals surface area contributed by atoms with Crippen LogP contribution in [0.25, 0.3) is 0 Å². The summed E-state index contributed by atoms with van der Waals surface area (Å²) in [5, 5.41) is 13.3. The Morgan fingerprint density at radius 2 is 2.05 bits per heavy atom. The number of hydrogen-bond acceptors (Lipinski definition) is 6. The number of aliphatic hydroxyl groups is 1. The summed E-state index contributed by atoms with van der Waals surface area (Å²) in [5.74, 6) is 0.870. The van der Waals surface area contributed by atoms with E-state index in [9.17, 15) is 18.3 Å². The number of rotatable bonds is 5. The van der Waals surface area contributed by atoms with E-state index in [2.05, 4.69) is 10.1 Å². The van der Waals surface area contributed by atoms with Crippen LogP contribution >= 0.6 is 0 Å². The second kappa shape index (κ2) is 6.29. The second-order valence-electron chi connectivity index (χ2n) is 5.15. The number of ether oxygens (including phenoxy) is 1. The second-order valence-corrected chi connectivity index (χ2v) is 5.15. The van der Waals surface area contributed by atoms with Gasteiger partial charge in [-0.05, 0) is 12.8 Å². The molecular weight excluding hydrogens is 291 g/mol. The molecule has 0 atom stereocenters. The Hall–Kier alpha value is -1.19. The molecule has 1 aromatic rings. The third-order valence-electron chi connectivity index (χ3n) is 3.61. The van der Waals surface area contributed by atoms with Crippen LogP contribution in [0.5, 0.6) is 0 Å². The van der Waals surface area contributed by atoms with Crippen molar-refractivity contribution in [2.24, 2.45) is 0 Å². The van der Waals surface area contributed by atoms with E-state index in [0.29, 0.717) is 24.7 Å². The van der Waals surface area contributed by atoms with E-state index < -0.39 is 11.8 Å². The minimum absolute atomic E-state index is 0.131. The minimum Gasteiger partial charge on any atom is -0.384 e. The van der Waals surface area contributed by atoms with Gasteiger partial charge in [0.25, 0.3) is 0 Å². The highest BCUT2D eigenvalue weighted by atomic mass is 19.4. The Kier molecular flexibility index (Phi) is 4.84. The summed E-state index contributed by atoms with van der Waals surface area (Å²) >= 11 is 0. The molecule has 6 nitrogen and oxygen atoms in total. The van der Waals surface area contributed by atoms with Gasteiger partial charge in [-0.2, -0.15) is 18.2 Å². The monoisotopic (exact) mass is 309 g/mol. The Morgan fingerprint density at radius 1 is 1.38 bits per heavy atom. The lowest BCUT2D eigenvalue weighted by Gasteiger charge is -2.38. The highest BCUT2D eigenvalue weighted by Gasteiger charge is 2.54. The van der Waals surface area contributed by atoms with Crippen LogP contribution in [0.3, 0.4) is 0 Å². The summed E-state index contributed by atoms with van der Waals surface area (Å²) < 4.78 is 48.0. The number of methoxy groups -OCH3 is 1. The maximum atomic E-state index is 12.7. The van der Waals surface area contributed by atoms with E-state index in [4.69, 9.17) is 9.26 Å². The molecule has 0 amide bonds. The standard InChI is InChI=1S/C12H18F3N3O3/c1-20-7-2-9-16-10(21-17-9)8-18-5-3-11(19,4-6-18)12(13,14)15/h19H,2-8H2,1H3. The van der Waals surface area contributed by atoms with Gasteiger partial charge in [-0.1, -0.05) is 5.16 Å². The molecule has 1 N–H and O–H groups in total. The van der Waals surface area contributed by atoms with Gasteiger partial charge in [-0.25, -0.2) is 0 Å². The van der Waals surface area contributed by atoms with Crippen molar-refractivity contribution >= 4 is 0 Å². The molecule has 0 spiro atoms. The molecule has 1 aromatic heterocycles. The molecular formula is C12H18F3N3O3. The summed E-state index contributed by atoms with van der Waals surface area (Å²) in [5.41, 5.74) is -2.58. The molecule has 0 bridgehead atoms. The van der Waals surface area contributed by atoms with Crippen molar-refractivity contribution in [1.82, 2.24) is 15.0 Å². The fourth-order valence-corrected chi connectivity index (χ4v) is 2.21. The number of aromatic nitrogens is 2. The maximum absolute atomic E-state index is 12.7. The summed E-state index contributed by atoms with van der Waals surface area (Å²) in [6, 6.07) is 0. The molecule has 0 saturated carbocycles. The lowest BCUT2D eigenvalue weighted by atomic mass is 9.91. The number of hydrogen-bond donors (Lipinski definition) is 1. The lowest BCUT2D eigenvalue weighted by Crippen LogP contribution is -2.53. The SMILES string of the molecule is COCCc1noc(CN2CCC(O)(C(F)(F)F)CC2)n1. The largest absolute Gasteiger partial charge is 0.417 e. The molecule has 2 heterocycles. The zero-order chi connectivity index (χ0) is 15.5. The van der Waals surface area contributed by atoms with E-state index in [1.807, 2.05) is 0 Å². The van der Waals surface area contributed by atoms with Crippen LogP contribution in [-0.4, -0.2) is 58.7 Å². The van der Waals surface area contributed by atoms with Gasteiger partial charge in [-0.3, -0.25) is 4.90 Å². The number of nitrogens with zero attached hydrogens (tertiary/aromatic N) is 3. The summed E-state index contributed by atoms with van der Waals surface area (Å²) in [4.78, 5) is 5.90. The van der Waals surface area contributed by atoms with Crippen molar-refractivity contribution in [2.45, 2.75) is 37.6 Å². The third-order valence-corrected chi connectivity index (χ3v) is 3.61. The molecule has 1 saturated heterocycles. The predicted octanol–water partition coefficient (Wildman–Crippen LogP) is 1.15. The maximum Gasteiger partial charge on any atom is 0.417 e. The van der Waals surface area contributed by atoms with E-state index in [1.165, 1.54) is 0 Å². The first-order chi connectivity index (χ1) is 9.84. The zero-order valence-electron chi connectivity index (χ0n) is 11.7. The minimum atomic E-state index is -4.59. The van der Waals surface area contributed by atoms with Gasteiger partial charge in [0, 0.05) is 26.6 Å². The van der Waals surface area contributed by atoms with E-state index in [1.54, 1.807) is 12.0 Å². The molecule has 0 unspecified atom stereocenters. The Bertz CT molecular complexity index is 456. The van der Waals surface area contributed by atoms with Gasteiger partial charge >= 0.3 is 6.18 Å². The smallest absolute Gasteiger partial charge is 0.384 e. The van der Waals surface area contributed by atoms with Crippen molar-refractivity contribution < 1.29 is 27.5 Å². The normalized spacial score (nSPS) is 19.9. The third kappa shape index (κ3) is 3.92. The highest BCUT2D eigenvalue weighted by molar-refractivity contribution is 4.93. The number of piperidine rings is 1. The van der Waals surface area contributed by atoms with Crippen molar-refractivity contribution in [3.05, 3.63) is 11.7 Å².